The van der Waals surface area contributed by atoms with E-state index < -0.39 is 17.9 Å². The van der Waals surface area contributed by atoms with Crippen molar-refractivity contribution in [3.05, 3.63) is 52.5 Å². The predicted octanol–water partition coefficient (Wildman–Crippen LogP) is 0.595. The molecule has 3 aliphatic rings. The number of benzene rings is 1. The molecule has 0 spiro atoms. The number of carbonyl (C=O) groups excluding carboxylic acids is 3. The SMILES string of the molecule is O=C1CCC(N2Cc3cc(-c4cn(Cc5nn6c(c5C(=O)O)CCC6)nn4)ccc3C2=O)C(=O)N1. The number of carbonyl (C=O) groups is 4. The lowest BCUT2D eigenvalue weighted by atomic mass is 10.0. The quantitative estimate of drug-likeness (QED) is 0.509. The lowest BCUT2D eigenvalue weighted by Crippen LogP contribution is -2.52. The van der Waals surface area contributed by atoms with Crippen LogP contribution in [0.4, 0.5) is 0 Å². The van der Waals surface area contributed by atoms with Gasteiger partial charge in [0, 0.05) is 30.6 Å². The van der Waals surface area contributed by atoms with E-state index in [1.165, 1.54) is 4.90 Å². The van der Waals surface area contributed by atoms with E-state index in [2.05, 4.69) is 20.7 Å². The molecule has 178 valence electrons. The average Bonchev–Trinajstić information content (AvgIpc) is 3.58. The van der Waals surface area contributed by atoms with Gasteiger partial charge in [-0.15, -0.1) is 5.10 Å². The normalized spacial score (nSPS) is 19.1. The largest absolute Gasteiger partial charge is 0.478 e. The van der Waals surface area contributed by atoms with E-state index in [-0.39, 0.29) is 36.9 Å². The third-order valence-corrected chi connectivity index (χ3v) is 6.80. The van der Waals surface area contributed by atoms with Gasteiger partial charge in [0.2, 0.25) is 11.8 Å². The average molecular weight is 475 g/mol. The molecule has 3 amide bonds. The minimum Gasteiger partial charge on any atom is -0.478 e. The molecule has 2 aromatic heterocycles. The van der Waals surface area contributed by atoms with E-state index in [0.717, 1.165) is 23.2 Å². The first kappa shape index (κ1) is 21.2. The number of aromatic nitrogens is 5. The molecule has 6 rings (SSSR count). The molecule has 3 aromatic rings. The molecule has 0 saturated carbocycles. The second kappa shape index (κ2) is 7.86. The van der Waals surface area contributed by atoms with Gasteiger partial charge in [-0.05, 0) is 37.0 Å². The van der Waals surface area contributed by atoms with E-state index in [0.29, 0.717) is 36.3 Å². The zero-order valence-corrected chi connectivity index (χ0v) is 18.6. The third-order valence-electron chi connectivity index (χ3n) is 6.80. The van der Waals surface area contributed by atoms with Crippen molar-refractivity contribution in [1.29, 1.82) is 0 Å². The number of aryl methyl sites for hydroxylation is 1. The van der Waals surface area contributed by atoms with Gasteiger partial charge in [0.25, 0.3) is 5.91 Å². The number of nitrogens with one attached hydrogen (secondary N) is 1. The Kier molecular flexibility index (Phi) is 4.76. The molecule has 0 radical (unpaired) electrons. The summed E-state index contributed by atoms with van der Waals surface area (Å²) in [4.78, 5) is 49.9. The van der Waals surface area contributed by atoms with Crippen LogP contribution >= 0.6 is 0 Å². The molecule has 1 atom stereocenters. The molecule has 5 heterocycles. The minimum atomic E-state index is -0.993. The number of fused-ring (bicyclic) bond motifs is 2. The van der Waals surface area contributed by atoms with Gasteiger partial charge in [-0.3, -0.25) is 24.4 Å². The second-order valence-electron chi connectivity index (χ2n) is 8.97. The highest BCUT2D eigenvalue weighted by molar-refractivity contribution is 6.05. The van der Waals surface area contributed by atoms with Gasteiger partial charge >= 0.3 is 5.97 Å². The van der Waals surface area contributed by atoms with E-state index >= 15 is 0 Å². The van der Waals surface area contributed by atoms with Crippen molar-refractivity contribution in [3.63, 3.8) is 0 Å². The van der Waals surface area contributed by atoms with Gasteiger partial charge in [-0.25, -0.2) is 9.48 Å². The molecule has 2 N–H and O–H groups in total. The Morgan fingerprint density at radius 3 is 2.86 bits per heavy atom. The fourth-order valence-electron chi connectivity index (χ4n) is 5.14. The Bertz CT molecular complexity index is 1420. The summed E-state index contributed by atoms with van der Waals surface area (Å²) in [6.45, 7) is 1.16. The zero-order chi connectivity index (χ0) is 24.3. The van der Waals surface area contributed by atoms with E-state index in [4.69, 9.17) is 0 Å². The molecule has 35 heavy (non-hydrogen) atoms. The number of imide groups is 1. The highest BCUT2D eigenvalue weighted by atomic mass is 16.4. The minimum absolute atomic E-state index is 0.182. The van der Waals surface area contributed by atoms with Crippen LogP contribution in [0.3, 0.4) is 0 Å². The van der Waals surface area contributed by atoms with Crippen molar-refractivity contribution in [2.45, 2.75) is 51.4 Å². The summed E-state index contributed by atoms with van der Waals surface area (Å²) in [7, 11) is 0. The summed E-state index contributed by atoms with van der Waals surface area (Å²) in [5.74, 6) is -2.00. The van der Waals surface area contributed by atoms with Crippen molar-refractivity contribution in [2.24, 2.45) is 0 Å². The van der Waals surface area contributed by atoms with Crippen LogP contribution < -0.4 is 5.32 Å². The molecular formula is C23H21N7O5. The van der Waals surface area contributed by atoms with Gasteiger partial charge in [0.1, 0.15) is 17.3 Å². The Morgan fingerprint density at radius 1 is 1.20 bits per heavy atom. The summed E-state index contributed by atoms with van der Waals surface area (Å²) in [6.07, 6.45) is 3.81. The highest BCUT2D eigenvalue weighted by Gasteiger charge is 2.39. The molecule has 1 saturated heterocycles. The molecule has 1 fully saturated rings. The van der Waals surface area contributed by atoms with Crippen LogP contribution in [0.2, 0.25) is 0 Å². The topological polar surface area (TPSA) is 152 Å². The first-order chi connectivity index (χ1) is 16.9. The smallest absolute Gasteiger partial charge is 0.339 e. The Hall–Kier alpha value is -4.35. The number of amides is 3. The predicted molar refractivity (Wildman–Crippen MR) is 118 cm³/mol. The lowest BCUT2D eigenvalue weighted by Gasteiger charge is -2.29. The Balaban J connectivity index is 1.23. The number of piperidine rings is 1. The summed E-state index contributed by atoms with van der Waals surface area (Å²) >= 11 is 0. The molecule has 0 aliphatic carbocycles. The van der Waals surface area contributed by atoms with Crippen LogP contribution in [0.25, 0.3) is 11.3 Å². The van der Waals surface area contributed by atoms with Crippen molar-refractivity contribution < 1.29 is 24.3 Å². The zero-order valence-electron chi connectivity index (χ0n) is 18.6. The van der Waals surface area contributed by atoms with Crippen LogP contribution in [-0.2, 0) is 35.6 Å². The van der Waals surface area contributed by atoms with Crippen LogP contribution in [0.1, 0.15) is 56.9 Å². The van der Waals surface area contributed by atoms with E-state index in [9.17, 15) is 24.3 Å². The van der Waals surface area contributed by atoms with Crippen LogP contribution in [0.5, 0.6) is 0 Å². The van der Waals surface area contributed by atoms with Crippen molar-refractivity contribution in [2.75, 3.05) is 0 Å². The number of aromatic carboxylic acids is 1. The Morgan fingerprint density at radius 2 is 2.06 bits per heavy atom. The first-order valence-electron chi connectivity index (χ1n) is 11.4. The number of rotatable bonds is 5. The first-order valence-corrected chi connectivity index (χ1v) is 11.4. The fraction of sp³-hybridized carbons (Fsp3) is 0.348. The fourth-order valence-corrected chi connectivity index (χ4v) is 5.14. The van der Waals surface area contributed by atoms with Gasteiger partial charge in [-0.1, -0.05) is 11.3 Å². The number of nitrogens with zero attached hydrogens (tertiary/aromatic N) is 6. The number of hydrogen-bond acceptors (Lipinski definition) is 7. The Labute approximate surface area is 198 Å². The van der Waals surface area contributed by atoms with Crippen LogP contribution in [-0.4, -0.2) is 64.5 Å². The van der Waals surface area contributed by atoms with Crippen LogP contribution in [0.15, 0.2) is 24.4 Å². The maximum atomic E-state index is 12.9. The molecule has 12 heteroatoms. The molecule has 1 aromatic carbocycles. The lowest BCUT2D eigenvalue weighted by molar-refractivity contribution is -0.136. The van der Waals surface area contributed by atoms with Gasteiger partial charge in [0.05, 0.1) is 24.1 Å². The maximum Gasteiger partial charge on any atom is 0.339 e. The number of hydrogen-bond donors (Lipinski definition) is 2. The molecule has 3 aliphatic heterocycles. The van der Waals surface area contributed by atoms with Crippen LogP contribution in [0, 0.1) is 0 Å². The summed E-state index contributed by atoms with van der Waals surface area (Å²) < 4.78 is 3.30. The molecule has 1 unspecified atom stereocenters. The summed E-state index contributed by atoms with van der Waals surface area (Å²) in [6, 6.07) is 4.66. The monoisotopic (exact) mass is 475 g/mol. The number of carboxylic acid groups (broad SMARTS) is 1. The van der Waals surface area contributed by atoms with Gasteiger partial charge < -0.3 is 10.0 Å². The summed E-state index contributed by atoms with van der Waals surface area (Å²) in [5, 5.41) is 24.8. The standard InChI is InChI=1S/C23H21N7O5/c31-19-6-5-18(21(32)24-19)29-9-13-8-12(3-4-14(13)22(29)33)15-10-28(27-25-15)11-16-20(23(34)35)17-2-1-7-30(17)26-16/h3-4,8,10,18H,1-2,5-7,9,11H2,(H,34,35)(H,24,31,32). The van der Waals surface area contributed by atoms with Crippen molar-refractivity contribution >= 4 is 23.7 Å². The third kappa shape index (κ3) is 3.49. The van der Waals surface area contributed by atoms with Crippen molar-refractivity contribution in [1.82, 2.24) is 35.0 Å². The molecule has 12 nitrogen and oxygen atoms in total. The van der Waals surface area contributed by atoms with E-state index in [1.807, 2.05) is 6.07 Å². The second-order valence-corrected chi connectivity index (χ2v) is 8.97. The van der Waals surface area contributed by atoms with Gasteiger partial charge in [-0.2, -0.15) is 5.10 Å². The maximum absolute atomic E-state index is 12.9. The number of carboxylic acids is 1. The summed E-state index contributed by atoms with van der Waals surface area (Å²) in [5.41, 5.74) is 4.04. The molecular weight excluding hydrogens is 454 g/mol. The van der Waals surface area contributed by atoms with E-state index in [1.54, 1.807) is 27.7 Å². The molecule has 0 bridgehead atoms. The van der Waals surface area contributed by atoms with Crippen molar-refractivity contribution in [3.8, 4) is 11.3 Å². The van der Waals surface area contributed by atoms with Gasteiger partial charge in [0.15, 0.2) is 0 Å². The highest BCUT2D eigenvalue weighted by Crippen LogP contribution is 2.31.